The summed E-state index contributed by atoms with van der Waals surface area (Å²) < 4.78 is 0. The van der Waals surface area contributed by atoms with Crippen molar-refractivity contribution in [2.45, 2.75) is 39.3 Å². The molecule has 0 amide bonds. The second-order valence-corrected chi connectivity index (χ2v) is 5.98. The van der Waals surface area contributed by atoms with Gasteiger partial charge in [0.1, 0.15) is 0 Å². The van der Waals surface area contributed by atoms with Crippen LogP contribution in [0.2, 0.25) is 10.0 Å². The highest BCUT2D eigenvalue weighted by Crippen LogP contribution is 2.31. The molecule has 0 aromatic heterocycles. The summed E-state index contributed by atoms with van der Waals surface area (Å²) in [5.74, 6) is 1.57. The molecule has 1 N–H and O–H groups in total. The van der Waals surface area contributed by atoms with Crippen LogP contribution in [0.5, 0.6) is 0 Å². The van der Waals surface area contributed by atoms with E-state index in [1.54, 1.807) is 0 Å². The van der Waals surface area contributed by atoms with E-state index in [0.29, 0.717) is 6.04 Å². The predicted octanol–water partition coefficient (Wildman–Crippen LogP) is 4.52. The topological polar surface area (TPSA) is 12.0 Å². The molecule has 0 bridgehead atoms. The molecular weight excluding hydrogens is 253 g/mol. The zero-order valence-corrected chi connectivity index (χ0v) is 11.9. The molecule has 0 spiro atoms. The molecule has 17 heavy (non-hydrogen) atoms. The maximum absolute atomic E-state index is 6.15. The fourth-order valence-electron chi connectivity index (χ4n) is 2.57. The highest BCUT2D eigenvalue weighted by molar-refractivity contribution is 6.33. The van der Waals surface area contributed by atoms with Crippen LogP contribution >= 0.6 is 23.2 Å². The van der Waals surface area contributed by atoms with Crippen molar-refractivity contribution in [3.8, 4) is 0 Å². The summed E-state index contributed by atoms with van der Waals surface area (Å²) in [5, 5.41) is 5.14. The van der Waals surface area contributed by atoms with E-state index >= 15 is 0 Å². The molecule has 1 aromatic carbocycles. The Balaban J connectivity index is 1.96. The van der Waals surface area contributed by atoms with Crippen LogP contribution in [0.25, 0.3) is 0 Å². The number of hydrogen-bond acceptors (Lipinski definition) is 1. The van der Waals surface area contributed by atoms with Crippen molar-refractivity contribution in [2.24, 2.45) is 11.8 Å². The molecule has 1 fully saturated rings. The molecule has 3 atom stereocenters. The molecule has 94 valence electrons. The van der Waals surface area contributed by atoms with Gasteiger partial charge in [0, 0.05) is 22.6 Å². The number of nitrogens with one attached hydrogen (secondary N) is 1. The highest BCUT2D eigenvalue weighted by Gasteiger charge is 2.29. The van der Waals surface area contributed by atoms with Crippen LogP contribution in [0.1, 0.15) is 32.3 Å². The Morgan fingerprint density at radius 3 is 2.65 bits per heavy atom. The summed E-state index contributed by atoms with van der Waals surface area (Å²) in [4.78, 5) is 0. The minimum Gasteiger partial charge on any atom is -0.310 e. The lowest BCUT2D eigenvalue weighted by molar-refractivity contribution is 0.370. The van der Waals surface area contributed by atoms with Gasteiger partial charge in [0.2, 0.25) is 0 Å². The van der Waals surface area contributed by atoms with Crippen LogP contribution in [0.3, 0.4) is 0 Å². The van der Waals surface area contributed by atoms with Gasteiger partial charge in [-0.15, -0.1) is 0 Å². The normalized spacial score (nSPS) is 28.6. The predicted molar refractivity (Wildman–Crippen MR) is 74.7 cm³/mol. The lowest BCUT2D eigenvalue weighted by Gasteiger charge is -2.20. The third-order valence-corrected chi connectivity index (χ3v) is 4.63. The SMILES string of the molecule is CC1CCC(NCc2cc(Cl)ccc2Cl)C1C. The molecule has 1 aromatic rings. The quantitative estimate of drug-likeness (QED) is 0.853. The van der Waals surface area contributed by atoms with Gasteiger partial charge in [0.15, 0.2) is 0 Å². The Bertz CT molecular complexity index is 392. The van der Waals surface area contributed by atoms with Crippen molar-refractivity contribution < 1.29 is 0 Å². The van der Waals surface area contributed by atoms with Crippen molar-refractivity contribution in [1.82, 2.24) is 5.32 Å². The minimum atomic E-state index is 0.611. The number of hydrogen-bond donors (Lipinski definition) is 1. The fourth-order valence-corrected chi connectivity index (χ4v) is 2.95. The zero-order chi connectivity index (χ0) is 12.4. The largest absolute Gasteiger partial charge is 0.310 e. The third-order valence-electron chi connectivity index (χ3n) is 4.03. The van der Waals surface area contributed by atoms with Crippen LogP contribution in [0.4, 0.5) is 0 Å². The molecule has 0 heterocycles. The first kappa shape index (κ1) is 13.2. The van der Waals surface area contributed by atoms with Gasteiger partial charge in [-0.05, 0) is 48.4 Å². The average molecular weight is 272 g/mol. The Kier molecular flexibility index (Phi) is 4.35. The van der Waals surface area contributed by atoms with E-state index < -0.39 is 0 Å². The standard InChI is InChI=1S/C14H19Cl2N/c1-9-3-6-14(10(9)2)17-8-11-7-12(15)4-5-13(11)16/h4-5,7,9-10,14,17H,3,6,8H2,1-2H3. The van der Waals surface area contributed by atoms with Crippen molar-refractivity contribution in [3.05, 3.63) is 33.8 Å². The van der Waals surface area contributed by atoms with Gasteiger partial charge >= 0.3 is 0 Å². The van der Waals surface area contributed by atoms with Crippen molar-refractivity contribution in [2.75, 3.05) is 0 Å². The van der Waals surface area contributed by atoms with Gasteiger partial charge < -0.3 is 5.32 Å². The fraction of sp³-hybridized carbons (Fsp3) is 0.571. The van der Waals surface area contributed by atoms with E-state index in [2.05, 4.69) is 19.2 Å². The smallest absolute Gasteiger partial charge is 0.0451 e. The van der Waals surface area contributed by atoms with Crippen molar-refractivity contribution >= 4 is 23.2 Å². The van der Waals surface area contributed by atoms with Gasteiger partial charge in [-0.2, -0.15) is 0 Å². The molecule has 3 heteroatoms. The summed E-state index contributed by atoms with van der Waals surface area (Å²) in [5.41, 5.74) is 1.09. The van der Waals surface area contributed by atoms with E-state index in [-0.39, 0.29) is 0 Å². The van der Waals surface area contributed by atoms with Crippen LogP contribution in [0.15, 0.2) is 18.2 Å². The number of rotatable bonds is 3. The van der Waals surface area contributed by atoms with E-state index in [9.17, 15) is 0 Å². The second-order valence-electron chi connectivity index (χ2n) is 5.14. The van der Waals surface area contributed by atoms with Gasteiger partial charge in [-0.25, -0.2) is 0 Å². The van der Waals surface area contributed by atoms with E-state index in [4.69, 9.17) is 23.2 Å². The Labute approximate surface area is 114 Å². The molecule has 1 nitrogen and oxygen atoms in total. The lowest BCUT2D eigenvalue weighted by atomic mass is 9.98. The Morgan fingerprint density at radius 1 is 1.24 bits per heavy atom. The van der Waals surface area contributed by atoms with E-state index in [1.165, 1.54) is 12.8 Å². The minimum absolute atomic E-state index is 0.611. The molecule has 1 saturated carbocycles. The van der Waals surface area contributed by atoms with Crippen LogP contribution < -0.4 is 5.32 Å². The summed E-state index contributed by atoms with van der Waals surface area (Å²) in [6.07, 6.45) is 2.59. The van der Waals surface area contributed by atoms with Gasteiger partial charge in [-0.3, -0.25) is 0 Å². The van der Waals surface area contributed by atoms with E-state index in [0.717, 1.165) is 34.0 Å². The first-order valence-electron chi connectivity index (χ1n) is 6.25. The maximum atomic E-state index is 6.15. The lowest BCUT2D eigenvalue weighted by Crippen LogP contribution is -2.31. The van der Waals surface area contributed by atoms with Crippen molar-refractivity contribution in [3.63, 3.8) is 0 Å². The molecule has 0 saturated heterocycles. The van der Waals surface area contributed by atoms with E-state index in [1.807, 2.05) is 18.2 Å². The first-order valence-corrected chi connectivity index (χ1v) is 7.01. The summed E-state index contributed by atoms with van der Waals surface area (Å²) >= 11 is 12.1. The van der Waals surface area contributed by atoms with Gasteiger partial charge in [0.25, 0.3) is 0 Å². The molecule has 3 unspecified atom stereocenters. The Hall–Kier alpha value is -0.240. The monoisotopic (exact) mass is 271 g/mol. The molecule has 2 rings (SSSR count). The molecule has 0 aliphatic heterocycles. The van der Waals surface area contributed by atoms with Crippen LogP contribution in [-0.2, 0) is 6.54 Å². The van der Waals surface area contributed by atoms with Crippen LogP contribution in [-0.4, -0.2) is 6.04 Å². The molecular formula is C14H19Cl2N. The van der Waals surface area contributed by atoms with Gasteiger partial charge in [-0.1, -0.05) is 37.0 Å². The van der Waals surface area contributed by atoms with Crippen molar-refractivity contribution in [1.29, 1.82) is 0 Å². The number of benzene rings is 1. The third kappa shape index (κ3) is 3.15. The summed E-state index contributed by atoms with van der Waals surface area (Å²) in [6.45, 7) is 5.47. The molecule has 1 aliphatic rings. The Morgan fingerprint density at radius 2 is 2.00 bits per heavy atom. The molecule has 1 aliphatic carbocycles. The summed E-state index contributed by atoms with van der Waals surface area (Å²) in [6, 6.07) is 6.25. The van der Waals surface area contributed by atoms with Crippen LogP contribution in [0, 0.1) is 11.8 Å². The van der Waals surface area contributed by atoms with Gasteiger partial charge in [0.05, 0.1) is 0 Å². The summed E-state index contributed by atoms with van der Waals surface area (Å²) in [7, 11) is 0. The highest BCUT2D eigenvalue weighted by atomic mass is 35.5. The first-order chi connectivity index (χ1) is 8.08. The zero-order valence-electron chi connectivity index (χ0n) is 10.3. The maximum Gasteiger partial charge on any atom is 0.0451 e. The second kappa shape index (κ2) is 5.60. The number of halogens is 2. The average Bonchev–Trinajstić information content (AvgIpc) is 2.62. The molecule has 0 radical (unpaired) electrons.